The Balaban J connectivity index is 1.48. The first kappa shape index (κ1) is 16.8. The smallest absolute Gasteiger partial charge is 0.267 e. The van der Waals surface area contributed by atoms with Gasteiger partial charge >= 0.3 is 0 Å². The van der Waals surface area contributed by atoms with Crippen LogP contribution in [-0.2, 0) is 6.54 Å². The number of hydrogen-bond donors (Lipinski definition) is 2. The van der Waals surface area contributed by atoms with Crippen LogP contribution in [0, 0.1) is 5.92 Å². The van der Waals surface area contributed by atoms with Crippen molar-refractivity contribution in [1.29, 1.82) is 0 Å². The van der Waals surface area contributed by atoms with Crippen LogP contribution in [0.4, 0.5) is 0 Å². The second-order valence-corrected chi connectivity index (χ2v) is 6.91. The summed E-state index contributed by atoms with van der Waals surface area (Å²) in [6.45, 7) is 7.78. The molecule has 6 heteroatoms. The third-order valence-corrected chi connectivity index (χ3v) is 4.55. The molecule has 0 aliphatic carbocycles. The fourth-order valence-electron chi connectivity index (χ4n) is 3.16. The third-order valence-electron chi connectivity index (χ3n) is 4.55. The molecular weight excluding hydrogens is 304 g/mol. The van der Waals surface area contributed by atoms with Gasteiger partial charge in [0.05, 0.1) is 12.2 Å². The van der Waals surface area contributed by atoms with Crippen LogP contribution in [0.5, 0.6) is 0 Å². The molecule has 0 radical (unpaired) electrons. The minimum atomic E-state index is -0.0334. The van der Waals surface area contributed by atoms with Crippen molar-refractivity contribution in [3.8, 4) is 0 Å². The van der Waals surface area contributed by atoms with Gasteiger partial charge in [0, 0.05) is 25.4 Å². The molecule has 1 aliphatic heterocycles. The van der Waals surface area contributed by atoms with Crippen molar-refractivity contribution in [1.82, 2.24) is 20.4 Å². The monoisotopic (exact) mass is 330 g/mol. The standard InChI is InChI=1S/C18H26N4O2/c1-13(2)17-9-15(24-21-17)12-22-8-4-5-14(11-22)10-20-18(23)16-6-3-7-19-16/h3,6-7,9,13-14,19H,4-5,8,10-12H2,1-2H3,(H,20,23)/t14-/m0/s1. The minimum absolute atomic E-state index is 0.0334. The van der Waals surface area contributed by atoms with Gasteiger partial charge in [0.25, 0.3) is 5.91 Å². The zero-order valence-electron chi connectivity index (χ0n) is 14.4. The molecule has 24 heavy (non-hydrogen) atoms. The number of hydrogen-bond acceptors (Lipinski definition) is 4. The number of nitrogens with zero attached hydrogens (tertiary/aromatic N) is 2. The molecule has 1 atom stereocenters. The zero-order valence-corrected chi connectivity index (χ0v) is 14.4. The molecule has 2 aromatic heterocycles. The lowest BCUT2D eigenvalue weighted by molar-refractivity contribution is 0.0923. The van der Waals surface area contributed by atoms with Gasteiger partial charge in [-0.05, 0) is 43.4 Å². The SMILES string of the molecule is CC(C)c1cc(CN2CCC[C@@H](CNC(=O)c3ccc[nH]3)C2)on1. The summed E-state index contributed by atoms with van der Waals surface area (Å²) in [7, 11) is 0. The Kier molecular flexibility index (Phi) is 5.35. The van der Waals surface area contributed by atoms with E-state index in [0.717, 1.165) is 43.9 Å². The maximum atomic E-state index is 12.0. The Morgan fingerprint density at radius 2 is 2.42 bits per heavy atom. The largest absolute Gasteiger partial charge is 0.360 e. The molecule has 0 unspecified atom stereocenters. The fraction of sp³-hybridized carbons (Fsp3) is 0.556. The number of carbonyl (C=O) groups is 1. The van der Waals surface area contributed by atoms with Gasteiger partial charge in [-0.3, -0.25) is 9.69 Å². The predicted octanol–water partition coefficient (Wildman–Crippen LogP) is 2.77. The predicted molar refractivity (Wildman–Crippen MR) is 91.7 cm³/mol. The first-order chi connectivity index (χ1) is 11.6. The van der Waals surface area contributed by atoms with Crippen LogP contribution in [0.25, 0.3) is 0 Å². The number of carbonyl (C=O) groups excluding carboxylic acids is 1. The molecule has 6 nitrogen and oxygen atoms in total. The summed E-state index contributed by atoms with van der Waals surface area (Å²) < 4.78 is 5.45. The van der Waals surface area contributed by atoms with Crippen molar-refractivity contribution >= 4 is 5.91 Å². The topological polar surface area (TPSA) is 74.2 Å². The summed E-state index contributed by atoms with van der Waals surface area (Å²) in [5.41, 5.74) is 1.63. The number of amides is 1. The maximum absolute atomic E-state index is 12.0. The van der Waals surface area contributed by atoms with Crippen molar-refractivity contribution in [2.45, 2.75) is 39.2 Å². The third kappa shape index (κ3) is 4.26. The number of rotatable bonds is 6. The van der Waals surface area contributed by atoms with Crippen LogP contribution < -0.4 is 5.32 Å². The molecule has 2 N–H and O–H groups in total. The summed E-state index contributed by atoms with van der Waals surface area (Å²) in [5, 5.41) is 7.15. The molecule has 0 spiro atoms. The lowest BCUT2D eigenvalue weighted by Gasteiger charge is -2.32. The second-order valence-electron chi connectivity index (χ2n) is 6.91. The maximum Gasteiger partial charge on any atom is 0.267 e. The summed E-state index contributed by atoms with van der Waals surface area (Å²) >= 11 is 0. The number of aromatic amines is 1. The summed E-state index contributed by atoms with van der Waals surface area (Å²) in [5.74, 6) is 1.76. The molecule has 1 aliphatic rings. The molecule has 1 saturated heterocycles. The number of piperidine rings is 1. The average Bonchev–Trinajstić information content (AvgIpc) is 3.24. The van der Waals surface area contributed by atoms with E-state index >= 15 is 0 Å². The van der Waals surface area contributed by atoms with Crippen molar-refractivity contribution in [2.75, 3.05) is 19.6 Å². The van der Waals surface area contributed by atoms with Gasteiger partial charge in [0.2, 0.25) is 0 Å². The lowest BCUT2D eigenvalue weighted by atomic mass is 9.98. The van der Waals surface area contributed by atoms with Crippen molar-refractivity contribution in [3.05, 3.63) is 41.5 Å². The van der Waals surface area contributed by atoms with Crippen LogP contribution in [-0.4, -0.2) is 40.6 Å². The van der Waals surface area contributed by atoms with E-state index in [2.05, 4.69) is 40.3 Å². The Labute approximate surface area is 142 Å². The van der Waals surface area contributed by atoms with Crippen molar-refractivity contribution < 1.29 is 9.32 Å². The average molecular weight is 330 g/mol. The highest BCUT2D eigenvalue weighted by molar-refractivity contribution is 5.92. The van der Waals surface area contributed by atoms with Crippen LogP contribution in [0.3, 0.4) is 0 Å². The Bertz CT molecular complexity index is 648. The highest BCUT2D eigenvalue weighted by Gasteiger charge is 2.22. The summed E-state index contributed by atoms with van der Waals surface area (Å²) in [4.78, 5) is 17.3. The van der Waals surface area contributed by atoms with Gasteiger partial charge in [-0.15, -0.1) is 0 Å². The molecule has 2 aromatic rings. The van der Waals surface area contributed by atoms with E-state index in [1.807, 2.05) is 6.07 Å². The van der Waals surface area contributed by atoms with E-state index in [9.17, 15) is 4.79 Å². The van der Waals surface area contributed by atoms with Crippen molar-refractivity contribution in [2.24, 2.45) is 5.92 Å². The van der Waals surface area contributed by atoms with Crippen LogP contribution in [0.2, 0.25) is 0 Å². The van der Waals surface area contributed by atoms with Crippen molar-refractivity contribution in [3.63, 3.8) is 0 Å². The normalized spacial score (nSPS) is 18.9. The number of likely N-dealkylation sites (tertiary alicyclic amines) is 1. The van der Waals surface area contributed by atoms with Crippen LogP contribution in [0.15, 0.2) is 28.9 Å². The summed E-state index contributed by atoms with van der Waals surface area (Å²) in [6, 6.07) is 5.68. The molecule has 3 heterocycles. The Hall–Kier alpha value is -2.08. The van der Waals surface area contributed by atoms with E-state index < -0.39 is 0 Å². The lowest BCUT2D eigenvalue weighted by Crippen LogP contribution is -2.40. The summed E-state index contributed by atoms with van der Waals surface area (Å²) in [6.07, 6.45) is 4.06. The molecule has 3 rings (SSSR count). The van der Waals surface area contributed by atoms with Crippen LogP contribution in [0.1, 0.15) is 54.5 Å². The first-order valence-corrected chi connectivity index (χ1v) is 8.71. The van der Waals surface area contributed by atoms with Gasteiger partial charge in [0.1, 0.15) is 5.69 Å². The number of H-pyrrole nitrogens is 1. The highest BCUT2D eigenvalue weighted by Crippen LogP contribution is 2.20. The van der Waals surface area contributed by atoms with E-state index in [1.54, 1.807) is 12.3 Å². The zero-order chi connectivity index (χ0) is 16.9. The van der Waals surface area contributed by atoms with E-state index in [-0.39, 0.29) is 5.91 Å². The molecule has 130 valence electrons. The molecule has 1 amide bonds. The van der Waals surface area contributed by atoms with Gasteiger partial charge in [-0.1, -0.05) is 19.0 Å². The Morgan fingerprint density at radius 3 is 3.12 bits per heavy atom. The molecular formula is C18H26N4O2. The number of nitrogens with one attached hydrogen (secondary N) is 2. The molecule has 0 aromatic carbocycles. The fourth-order valence-corrected chi connectivity index (χ4v) is 3.16. The molecule has 0 saturated carbocycles. The van der Waals surface area contributed by atoms with Gasteiger partial charge in [-0.2, -0.15) is 0 Å². The van der Waals surface area contributed by atoms with Gasteiger partial charge in [-0.25, -0.2) is 0 Å². The molecule has 1 fully saturated rings. The van der Waals surface area contributed by atoms with Gasteiger partial charge in [0.15, 0.2) is 5.76 Å². The van der Waals surface area contributed by atoms with E-state index in [0.29, 0.717) is 24.1 Å². The van der Waals surface area contributed by atoms with E-state index in [1.165, 1.54) is 0 Å². The first-order valence-electron chi connectivity index (χ1n) is 8.71. The number of aromatic nitrogens is 2. The Morgan fingerprint density at radius 1 is 1.54 bits per heavy atom. The van der Waals surface area contributed by atoms with E-state index in [4.69, 9.17) is 4.52 Å². The van der Waals surface area contributed by atoms with Gasteiger partial charge < -0.3 is 14.8 Å². The molecule has 0 bridgehead atoms. The quantitative estimate of drug-likeness (QED) is 0.854. The minimum Gasteiger partial charge on any atom is -0.360 e. The second kappa shape index (κ2) is 7.66. The van der Waals surface area contributed by atoms with Crippen LogP contribution >= 0.6 is 0 Å². The highest BCUT2D eigenvalue weighted by atomic mass is 16.5.